The predicted octanol–water partition coefficient (Wildman–Crippen LogP) is 1.34. The van der Waals surface area contributed by atoms with Gasteiger partial charge in [-0.15, -0.1) is 11.3 Å². The summed E-state index contributed by atoms with van der Waals surface area (Å²) in [6.45, 7) is 10.1. The SMILES string of the molecule is CC(C)c1ccccc1NC(=O)C[NH+]1CC[NH+](Cc2nc3ccccc3s2)CC1. The number of fused-ring (bicyclic) bond motifs is 1. The Kier molecular flexibility index (Phi) is 6.23. The molecule has 0 bridgehead atoms. The maximum Gasteiger partial charge on any atom is 0.279 e. The van der Waals surface area contributed by atoms with Crippen molar-refractivity contribution in [2.24, 2.45) is 0 Å². The standard InChI is InChI=1S/C23H28N4OS/c1-17(2)18-7-3-4-8-19(18)24-22(28)15-26-11-13-27(14-12-26)16-23-25-20-9-5-6-10-21(20)29-23/h3-10,17H,11-16H2,1-2H3,(H,24,28)/p+2. The first kappa shape index (κ1) is 20.0. The third-order valence-electron chi connectivity index (χ3n) is 5.67. The lowest BCUT2D eigenvalue weighted by Gasteiger charge is -2.29. The number of anilines is 1. The van der Waals surface area contributed by atoms with E-state index in [1.807, 2.05) is 24.3 Å². The highest BCUT2D eigenvalue weighted by Crippen LogP contribution is 2.23. The van der Waals surface area contributed by atoms with Gasteiger partial charge in [-0.1, -0.05) is 44.2 Å². The highest BCUT2D eigenvalue weighted by molar-refractivity contribution is 7.18. The van der Waals surface area contributed by atoms with Crippen LogP contribution in [0.3, 0.4) is 0 Å². The number of hydrogen-bond acceptors (Lipinski definition) is 3. The molecule has 1 fully saturated rings. The number of thiazole rings is 1. The third-order valence-corrected chi connectivity index (χ3v) is 6.71. The van der Waals surface area contributed by atoms with E-state index in [-0.39, 0.29) is 5.91 Å². The van der Waals surface area contributed by atoms with Gasteiger partial charge < -0.3 is 15.1 Å². The van der Waals surface area contributed by atoms with Gasteiger partial charge in [0.1, 0.15) is 37.7 Å². The smallest absolute Gasteiger partial charge is 0.279 e. The van der Waals surface area contributed by atoms with Gasteiger partial charge in [0.15, 0.2) is 6.54 Å². The van der Waals surface area contributed by atoms with Crippen LogP contribution in [-0.4, -0.2) is 43.6 Å². The molecule has 1 saturated heterocycles. The van der Waals surface area contributed by atoms with Gasteiger partial charge in [-0.2, -0.15) is 0 Å². The fraction of sp³-hybridized carbons (Fsp3) is 0.391. The maximum absolute atomic E-state index is 12.6. The van der Waals surface area contributed by atoms with Gasteiger partial charge in [-0.05, 0) is 29.7 Å². The van der Waals surface area contributed by atoms with Crippen molar-refractivity contribution in [2.45, 2.75) is 26.3 Å². The van der Waals surface area contributed by atoms with E-state index in [4.69, 9.17) is 4.98 Å². The molecule has 0 saturated carbocycles. The lowest BCUT2D eigenvalue weighted by Crippen LogP contribution is -3.28. The molecule has 6 heteroatoms. The first-order valence-electron chi connectivity index (χ1n) is 10.5. The molecule has 5 nitrogen and oxygen atoms in total. The zero-order valence-corrected chi connectivity index (χ0v) is 18.0. The Morgan fingerprint density at radius 3 is 2.48 bits per heavy atom. The largest absolute Gasteiger partial charge is 0.321 e. The lowest BCUT2D eigenvalue weighted by molar-refractivity contribution is -1.01. The molecule has 29 heavy (non-hydrogen) atoms. The molecule has 3 aromatic rings. The Morgan fingerprint density at radius 1 is 1.03 bits per heavy atom. The molecule has 1 aliphatic heterocycles. The summed E-state index contributed by atoms with van der Waals surface area (Å²) in [5.74, 6) is 0.510. The van der Waals surface area contributed by atoms with E-state index >= 15 is 0 Å². The zero-order chi connectivity index (χ0) is 20.2. The summed E-state index contributed by atoms with van der Waals surface area (Å²) in [5.41, 5.74) is 3.25. The molecule has 4 rings (SSSR count). The van der Waals surface area contributed by atoms with Gasteiger partial charge in [0.2, 0.25) is 0 Å². The van der Waals surface area contributed by atoms with Crippen molar-refractivity contribution in [1.29, 1.82) is 0 Å². The Labute approximate surface area is 176 Å². The van der Waals surface area contributed by atoms with E-state index in [0.29, 0.717) is 12.5 Å². The number of hydrogen-bond donors (Lipinski definition) is 3. The van der Waals surface area contributed by atoms with Crippen LogP contribution in [-0.2, 0) is 11.3 Å². The number of nitrogens with zero attached hydrogens (tertiary/aromatic N) is 1. The minimum absolute atomic E-state index is 0.114. The van der Waals surface area contributed by atoms with Gasteiger partial charge in [-0.25, -0.2) is 4.98 Å². The summed E-state index contributed by atoms with van der Waals surface area (Å²) in [6.07, 6.45) is 0. The fourth-order valence-corrected chi connectivity index (χ4v) is 5.09. The van der Waals surface area contributed by atoms with Crippen LogP contribution in [0, 0.1) is 0 Å². The maximum atomic E-state index is 12.6. The predicted molar refractivity (Wildman–Crippen MR) is 119 cm³/mol. The summed E-state index contributed by atoms with van der Waals surface area (Å²) >= 11 is 1.80. The number of amides is 1. The van der Waals surface area contributed by atoms with E-state index in [1.54, 1.807) is 16.2 Å². The van der Waals surface area contributed by atoms with Gasteiger partial charge >= 0.3 is 0 Å². The van der Waals surface area contributed by atoms with Gasteiger partial charge in [-0.3, -0.25) is 4.79 Å². The molecule has 0 spiro atoms. The molecule has 0 atom stereocenters. The number of quaternary nitrogens is 2. The Bertz CT molecular complexity index is 943. The minimum Gasteiger partial charge on any atom is -0.321 e. The number of rotatable bonds is 6. The summed E-state index contributed by atoms with van der Waals surface area (Å²) in [7, 11) is 0. The van der Waals surface area contributed by atoms with E-state index in [0.717, 1.165) is 43.9 Å². The van der Waals surface area contributed by atoms with Crippen molar-refractivity contribution < 1.29 is 14.6 Å². The molecular formula is C23H30N4OS+2. The number of piperazine rings is 1. The molecule has 1 amide bonds. The molecule has 1 aromatic heterocycles. The highest BCUT2D eigenvalue weighted by atomic mass is 32.1. The molecule has 0 radical (unpaired) electrons. The molecule has 0 aliphatic carbocycles. The summed E-state index contributed by atoms with van der Waals surface area (Å²) in [4.78, 5) is 20.3. The van der Waals surface area contributed by atoms with Crippen LogP contribution < -0.4 is 15.1 Å². The molecule has 1 aliphatic rings. The lowest BCUT2D eigenvalue weighted by atomic mass is 10.0. The van der Waals surface area contributed by atoms with Crippen LogP contribution in [0.2, 0.25) is 0 Å². The fourth-order valence-electron chi connectivity index (χ4n) is 4.06. The first-order valence-corrected chi connectivity index (χ1v) is 11.3. The molecule has 2 aromatic carbocycles. The minimum atomic E-state index is 0.114. The average Bonchev–Trinajstić information content (AvgIpc) is 3.12. The van der Waals surface area contributed by atoms with Crippen molar-refractivity contribution in [3.63, 3.8) is 0 Å². The van der Waals surface area contributed by atoms with Gasteiger partial charge in [0.05, 0.1) is 10.2 Å². The average molecular weight is 411 g/mol. The normalized spacial score (nSPS) is 19.6. The number of carbonyl (C=O) groups is 1. The summed E-state index contributed by atoms with van der Waals surface area (Å²) in [6, 6.07) is 16.5. The summed E-state index contributed by atoms with van der Waals surface area (Å²) < 4.78 is 1.27. The van der Waals surface area contributed by atoms with Crippen LogP contribution in [0.1, 0.15) is 30.3 Å². The molecular weight excluding hydrogens is 380 g/mol. The van der Waals surface area contributed by atoms with Gasteiger partial charge in [0.25, 0.3) is 5.91 Å². The second-order valence-electron chi connectivity index (χ2n) is 8.22. The van der Waals surface area contributed by atoms with Crippen LogP contribution >= 0.6 is 11.3 Å². The van der Waals surface area contributed by atoms with E-state index < -0.39 is 0 Å². The van der Waals surface area contributed by atoms with Crippen molar-refractivity contribution in [1.82, 2.24) is 4.98 Å². The summed E-state index contributed by atoms with van der Waals surface area (Å²) in [5, 5.41) is 4.35. The molecule has 152 valence electrons. The van der Waals surface area contributed by atoms with Crippen LogP contribution in [0.5, 0.6) is 0 Å². The Hall–Kier alpha value is -2.28. The number of para-hydroxylation sites is 2. The topological polar surface area (TPSA) is 50.9 Å². The van der Waals surface area contributed by atoms with E-state index in [9.17, 15) is 4.79 Å². The zero-order valence-electron chi connectivity index (χ0n) is 17.2. The third kappa shape index (κ3) is 5.01. The number of benzene rings is 2. The van der Waals surface area contributed by atoms with Crippen molar-refractivity contribution in [3.8, 4) is 0 Å². The van der Waals surface area contributed by atoms with Crippen molar-refractivity contribution in [2.75, 3.05) is 38.0 Å². The molecule has 0 unspecified atom stereocenters. The van der Waals surface area contributed by atoms with Crippen LogP contribution in [0.15, 0.2) is 48.5 Å². The quantitative estimate of drug-likeness (QED) is 0.575. The number of aromatic nitrogens is 1. The molecule has 3 N–H and O–H groups in total. The number of nitrogens with one attached hydrogen (secondary N) is 3. The second kappa shape index (κ2) is 9.03. The van der Waals surface area contributed by atoms with Crippen molar-refractivity contribution in [3.05, 3.63) is 59.1 Å². The first-order chi connectivity index (χ1) is 14.1. The molecule has 2 heterocycles. The number of carbonyl (C=O) groups excluding carboxylic acids is 1. The van der Waals surface area contributed by atoms with Crippen LogP contribution in [0.4, 0.5) is 5.69 Å². The van der Waals surface area contributed by atoms with E-state index in [1.165, 1.54) is 20.2 Å². The van der Waals surface area contributed by atoms with E-state index in [2.05, 4.69) is 43.4 Å². The monoisotopic (exact) mass is 410 g/mol. The van der Waals surface area contributed by atoms with Crippen molar-refractivity contribution >= 4 is 33.1 Å². The Morgan fingerprint density at radius 2 is 1.72 bits per heavy atom. The highest BCUT2D eigenvalue weighted by Gasteiger charge is 2.26. The Balaban J connectivity index is 1.27. The second-order valence-corrected chi connectivity index (χ2v) is 9.33. The van der Waals surface area contributed by atoms with Crippen LogP contribution in [0.25, 0.3) is 10.2 Å². The van der Waals surface area contributed by atoms with Gasteiger partial charge in [0, 0.05) is 5.69 Å².